The Morgan fingerprint density at radius 3 is 3.13 bits per heavy atom. The molecule has 0 unspecified atom stereocenters. The van der Waals surface area contributed by atoms with Gasteiger partial charge in [-0.2, -0.15) is 0 Å². The fourth-order valence-electron chi connectivity index (χ4n) is 1.30. The van der Waals surface area contributed by atoms with Crippen molar-refractivity contribution in [2.45, 2.75) is 6.54 Å². The summed E-state index contributed by atoms with van der Waals surface area (Å²) in [5.74, 6) is 1.62. The Morgan fingerprint density at radius 2 is 2.40 bits per heavy atom. The zero-order valence-corrected chi connectivity index (χ0v) is 8.21. The smallest absolute Gasteiger partial charge is 0.126 e. The number of aromatic nitrogens is 2. The first-order valence-corrected chi connectivity index (χ1v) is 4.70. The van der Waals surface area contributed by atoms with Gasteiger partial charge in [0.25, 0.3) is 0 Å². The molecule has 2 heterocycles. The number of nitrogens with zero attached hydrogens (tertiary/aromatic N) is 2. The summed E-state index contributed by atoms with van der Waals surface area (Å²) >= 11 is 0. The maximum Gasteiger partial charge on any atom is 0.126 e. The van der Waals surface area contributed by atoms with Crippen LogP contribution in [0.1, 0.15) is 11.5 Å². The molecule has 0 aliphatic heterocycles. The van der Waals surface area contributed by atoms with Crippen molar-refractivity contribution < 1.29 is 9.52 Å². The van der Waals surface area contributed by atoms with Gasteiger partial charge in [0, 0.05) is 12.4 Å². The van der Waals surface area contributed by atoms with Crippen molar-refractivity contribution in [2.75, 3.05) is 6.61 Å². The van der Waals surface area contributed by atoms with Crippen LogP contribution in [0.3, 0.4) is 0 Å². The molecule has 0 aliphatic carbocycles. The van der Waals surface area contributed by atoms with Crippen molar-refractivity contribution in [3.63, 3.8) is 0 Å². The van der Waals surface area contributed by atoms with Crippen LogP contribution in [0.15, 0.2) is 41.3 Å². The largest absolute Gasteiger partial charge is 0.460 e. The third kappa shape index (κ3) is 2.57. The van der Waals surface area contributed by atoms with Crippen LogP contribution >= 0.6 is 0 Å². The van der Waals surface area contributed by atoms with Crippen LogP contribution in [-0.2, 0) is 6.54 Å². The summed E-state index contributed by atoms with van der Waals surface area (Å²) in [6.07, 6.45) is 8.74. The summed E-state index contributed by atoms with van der Waals surface area (Å²) < 4.78 is 7.44. The van der Waals surface area contributed by atoms with Gasteiger partial charge in [-0.05, 0) is 18.2 Å². The van der Waals surface area contributed by atoms with Gasteiger partial charge in [0.1, 0.15) is 11.5 Å². The quantitative estimate of drug-likeness (QED) is 0.821. The summed E-state index contributed by atoms with van der Waals surface area (Å²) in [6, 6.07) is 3.79. The van der Waals surface area contributed by atoms with Crippen molar-refractivity contribution in [3.8, 4) is 0 Å². The van der Waals surface area contributed by atoms with E-state index in [9.17, 15) is 0 Å². The summed E-state index contributed by atoms with van der Waals surface area (Å²) in [7, 11) is 0. The van der Waals surface area contributed by atoms with E-state index in [2.05, 4.69) is 4.98 Å². The Hall–Kier alpha value is -1.81. The average molecular weight is 204 g/mol. The Bertz CT molecular complexity index is 429. The van der Waals surface area contributed by atoms with Crippen LogP contribution in [0.25, 0.3) is 6.08 Å². The molecule has 4 nitrogen and oxygen atoms in total. The van der Waals surface area contributed by atoms with Gasteiger partial charge in [-0.15, -0.1) is 0 Å². The van der Waals surface area contributed by atoms with Crippen LogP contribution < -0.4 is 0 Å². The van der Waals surface area contributed by atoms with Crippen molar-refractivity contribution in [3.05, 3.63) is 48.5 Å². The highest BCUT2D eigenvalue weighted by molar-refractivity contribution is 5.42. The van der Waals surface area contributed by atoms with E-state index in [1.807, 2.05) is 22.9 Å². The highest BCUT2D eigenvalue weighted by atomic mass is 16.3. The standard InChI is InChI=1S/C11H12N2O2/c14-7-1-2-10-3-4-11(15-10)8-13-6-5-12-9-13/h1-6,9,14H,7-8H2/b2-1+. The summed E-state index contributed by atoms with van der Waals surface area (Å²) in [5.41, 5.74) is 0. The lowest BCUT2D eigenvalue weighted by molar-refractivity contribution is 0.343. The van der Waals surface area contributed by atoms with E-state index in [1.54, 1.807) is 24.7 Å². The third-order valence-electron chi connectivity index (χ3n) is 1.97. The zero-order chi connectivity index (χ0) is 10.5. The van der Waals surface area contributed by atoms with Crippen molar-refractivity contribution in [1.82, 2.24) is 9.55 Å². The molecule has 0 fully saturated rings. The number of imidazole rings is 1. The summed E-state index contributed by atoms with van der Waals surface area (Å²) in [4.78, 5) is 3.95. The van der Waals surface area contributed by atoms with Gasteiger partial charge in [-0.25, -0.2) is 4.98 Å². The minimum absolute atomic E-state index is 0.0254. The minimum Gasteiger partial charge on any atom is -0.460 e. The fourth-order valence-corrected chi connectivity index (χ4v) is 1.30. The van der Waals surface area contributed by atoms with E-state index in [0.29, 0.717) is 6.54 Å². The maximum atomic E-state index is 8.60. The lowest BCUT2D eigenvalue weighted by Gasteiger charge is -1.96. The number of rotatable bonds is 4. The van der Waals surface area contributed by atoms with Gasteiger partial charge in [-0.3, -0.25) is 0 Å². The molecular formula is C11H12N2O2. The second-order valence-corrected chi connectivity index (χ2v) is 3.12. The van der Waals surface area contributed by atoms with Crippen LogP contribution in [-0.4, -0.2) is 21.3 Å². The summed E-state index contributed by atoms with van der Waals surface area (Å²) in [5, 5.41) is 8.60. The van der Waals surface area contributed by atoms with Gasteiger partial charge in [-0.1, -0.05) is 6.08 Å². The number of aliphatic hydroxyl groups is 1. The average Bonchev–Trinajstić information content (AvgIpc) is 2.87. The van der Waals surface area contributed by atoms with Crippen LogP contribution in [0.2, 0.25) is 0 Å². The lowest BCUT2D eigenvalue weighted by Crippen LogP contribution is -1.93. The molecule has 0 spiro atoms. The maximum absolute atomic E-state index is 8.60. The van der Waals surface area contributed by atoms with E-state index < -0.39 is 0 Å². The van der Waals surface area contributed by atoms with E-state index in [4.69, 9.17) is 9.52 Å². The Morgan fingerprint density at radius 1 is 1.47 bits per heavy atom. The monoisotopic (exact) mass is 204 g/mol. The lowest BCUT2D eigenvalue weighted by atomic mass is 10.4. The molecular weight excluding hydrogens is 192 g/mol. The molecule has 1 N–H and O–H groups in total. The number of furan rings is 1. The molecule has 4 heteroatoms. The zero-order valence-electron chi connectivity index (χ0n) is 8.21. The van der Waals surface area contributed by atoms with Crippen LogP contribution in [0.5, 0.6) is 0 Å². The molecule has 2 aromatic rings. The van der Waals surface area contributed by atoms with Gasteiger partial charge >= 0.3 is 0 Å². The first-order chi connectivity index (χ1) is 7.38. The highest BCUT2D eigenvalue weighted by Crippen LogP contribution is 2.10. The first-order valence-electron chi connectivity index (χ1n) is 4.70. The topological polar surface area (TPSA) is 51.2 Å². The SMILES string of the molecule is OC/C=C/c1ccc(Cn2ccnc2)o1. The van der Waals surface area contributed by atoms with Crippen molar-refractivity contribution in [1.29, 1.82) is 0 Å². The van der Waals surface area contributed by atoms with Gasteiger partial charge in [0.15, 0.2) is 0 Å². The Labute approximate surface area is 87.5 Å². The molecule has 0 atom stereocenters. The minimum atomic E-state index is 0.0254. The van der Waals surface area contributed by atoms with Gasteiger partial charge < -0.3 is 14.1 Å². The Kier molecular flexibility index (Phi) is 2.99. The Balaban J connectivity index is 2.04. The molecule has 0 bridgehead atoms. The first kappa shape index (κ1) is 9.73. The number of hydrogen-bond acceptors (Lipinski definition) is 3. The van der Waals surface area contributed by atoms with E-state index in [-0.39, 0.29) is 6.61 Å². The van der Waals surface area contributed by atoms with E-state index in [1.165, 1.54) is 0 Å². The van der Waals surface area contributed by atoms with Crippen LogP contribution in [0.4, 0.5) is 0 Å². The van der Waals surface area contributed by atoms with Gasteiger partial charge in [0.05, 0.1) is 19.5 Å². The van der Waals surface area contributed by atoms with Crippen molar-refractivity contribution >= 4 is 6.08 Å². The second-order valence-electron chi connectivity index (χ2n) is 3.12. The molecule has 0 saturated carbocycles. The third-order valence-corrected chi connectivity index (χ3v) is 1.97. The van der Waals surface area contributed by atoms with E-state index in [0.717, 1.165) is 11.5 Å². The highest BCUT2D eigenvalue weighted by Gasteiger charge is 1.99. The van der Waals surface area contributed by atoms with Gasteiger partial charge in [0.2, 0.25) is 0 Å². The molecule has 0 radical (unpaired) electrons. The molecule has 2 aromatic heterocycles. The molecule has 2 rings (SSSR count). The molecule has 78 valence electrons. The molecule has 0 aliphatic rings. The predicted molar refractivity (Wildman–Crippen MR) is 56.2 cm³/mol. The van der Waals surface area contributed by atoms with E-state index >= 15 is 0 Å². The molecule has 15 heavy (non-hydrogen) atoms. The molecule has 0 saturated heterocycles. The number of aliphatic hydroxyl groups excluding tert-OH is 1. The predicted octanol–water partition coefficient (Wildman–Crippen LogP) is 1.53. The summed E-state index contributed by atoms with van der Waals surface area (Å²) in [6.45, 7) is 0.699. The molecule has 0 aromatic carbocycles. The van der Waals surface area contributed by atoms with Crippen molar-refractivity contribution in [2.24, 2.45) is 0 Å². The second kappa shape index (κ2) is 4.61. The molecule has 0 amide bonds. The number of hydrogen-bond donors (Lipinski definition) is 1. The normalized spacial score (nSPS) is 11.3. The van der Waals surface area contributed by atoms with Crippen LogP contribution in [0, 0.1) is 0 Å². The fraction of sp³-hybridized carbons (Fsp3) is 0.182.